The molecule has 0 aromatic heterocycles. The lowest BCUT2D eigenvalue weighted by Gasteiger charge is -2.21. The molecule has 4 nitrogen and oxygen atoms in total. The van der Waals surface area contributed by atoms with Crippen molar-refractivity contribution >= 4 is 33.2 Å². The molecular formula is C14H22Cl2N2O2S. The molecule has 0 amide bonds. The van der Waals surface area contributed by atoms with Crippen molar-refractivity contribution in [3.8, 4) is 0 Å². The van der Waals surface area contributed by atoms with Gasteiger partial charge in [-0.1, -0.05) is 37.0 Å². The molecule has 0 saturated heterocycles. The highest BCUT2D eigenvalue weighted by molar-refractivity contribution is 7.89. The summed E-state index contributed by atoms with van der Waals surface area (Å²) < 4.78 is 27.4. The Hall–Kier alpha value is -0.330. The quantitative estimate of drug-likeness (QED) is 0.851. The molecule has 120 valence electrons. The molecule has 1 aromatic rings. The van der Waals surface area contributed by atoms with Crippen molar-refractivity contribution in [3.05, 3.63) is 27.7 Å². The van der Waals surface area contributed by atoms with Crippen LogP contribution < -0.4 is 10.0 Å². The molecule has 0 aliphatic carbocycles. The molecule has 0 unspecified atom stereocenters. The number of halogens is 2. The molecule has 1 rings (SSSR count). The minimum absolute atomic E-state index is 0.0454. The van der Waals surface area contributed by atoms with E-state index in [0.29, 0.717) is 17.1 Å². The van der Waals surface area contributed by atoms with Gasteiger partial charge in [0.15, 0.2) is 0 Å². The molecule has 7 heteroatoms. The van der Waals surface area contributed by atoms with Gasteiger partial charge in [-0.25, -0.2) is 13.1 Å². The van der Waals surface area contributed by atoms with Crippen molar-refractivity contribution in [3.63, 3.8) is 0 Å². The minimum atomic E-state index is -3.69. The summed E-state index contributed by atoms with van der Waals surface area (Å²) in [6.07, 6.45) is 0. The van der Waals surface area contributed by atoms with Crippen LogP contribution in [0, 0.1) is 0 Å². The van der Waals surface area contributed by atoms with Gasteiger partial charge in [0.1, 0.15) is 4.90 Å². The number of hydrogen-bond acceptors (Lipinski definition) is 3. The Labute approximate surface area is 137 Å². The van der Waals surface area contributed by atoms with E-state index in [-0.39, 0.29) is 16.0 Å². The van der Waals surface area contributed by atoms with Gasteiger partial charge >= 0.3 is 0 Å². The molecule has 0 spiro atoms. The van der Waals surface area contributed by atoms with Crippen molar-refractivity contribution in [1.82, 2.24) is 10.0 Å². The summed E-state index contributed by atoms with van der Waals surface area (Å²) in [5, 5.41) is 3.77. The summed E-state index contributed by atoms with van der Waals surface area (Å²) in [7, 11) is -3.69. The second kappa shape index (κ2) is 6.84. The lowest BCUT2D eigenvalue weighted by molar-refractivity contribution is 0.491. The maximum atomic E-state index is 12.4. The highest BCUT2D eigenvalue weighted by atomic mass is 35.5. The minimum Gasteiger partial charge on any atom is -0.310 e. The second-order valence-electron chi connectivity index (χ2n) is 6.27. The van der Waals surface area contributed by atoms with E-state index in [1.807, 2.05) is 13.8 Å². The van der Waals surface area contributed by atoms with Gasteiger partial charge < -0.3 is 5.32 Å². The van der Waals surface area contributed by atoms with Crippen molar-refractivity contribution in [2.24, 2.45) is 0 Å². The summed E-state index contributed by atoms with van der Waals surface area (Å²) in [6, 6.07) is 3.26. The third kappa shape index (κ3) is 5.75. The summed E-state index contributed by atoms with van der Waals surface area (Å²) in [6.45, 7) is 9.80. The van der Waals surface area contributed by atoms with Gasteiger partial charge in [-0.05, 0) is 38.5 Å². The summed E-state index contributed by atoms with van der Waals surface area (Å²) in [5.74, 6) is 0. The largest absolute Gasteiger partial charge is 0.310 e. The fourth-order valence-corrected chi connectivity index (χ4v) is 3.97. The van der Waals surface area contributed by atoms with Gasteiger partial charge in [0.2, 0.25) is 10.0 Å². The molecule has 0 fully saturated rings. The summed E-state index contributed by atoms with van der Waals surface area (Å²) in [4.78, 5) is 0.0454. The van der Waals surface area contributed by atoms with Crippen LogP contribution in [-0.4, -0.2) is 20.0 Å². The lowest BCUT2D eigenvalue weighted by Crippen LogP contribution is -2.40. The lowest BCUT2D eigenvalue weighted by atomic mass is 10.1. The highest BCUT2D eigenvalue weighted by Gasteiger charge is 2.25. The third-order valence-electron chi connectivity index (χ3n) is 2.53. The average Bonchev–Trinajstić information content (AvgIpc) is 2.23. The van der Waals surface area contributed by atoms with Crippen LogP contribution in [-0.2, 0) is 16.6 Å². The Kier molecular flexibility index (Phi) is 6.09. The van der Waals surface area contributed by atoms with Gasteiger partial charge in [0, 0.05) is 23.1 Å². The fourth-order valence-electron chi connectivity index (χ4n) is 1.68. The molecule has 2 N–H and O–H groups in total. The van der Waals surface area contributed by atoms with E-state index in [2.05, 4.69) is 10.0 Å². The van der Waals surface area contributed by atoms with E-state index in [4.69, 9.17) is 23.2 Å². The Morgan fingerprint density at radius 1 is 1.14 bits per heavy atom. The molecule has 0 saturated carbocycles. The van der Waals surface area contributed by atoms with Crippen molar-refractivity contribution in [1.29, 1.82) is 0 Å². The SMILES string of the molecule is CC(C)NCc1cc(S(=O)(=O)NC(C)(C)C)c(Cl)cc1Cl. The molecule has 21 heavy (non-hydrogen) atoms. The van der Waals surface area contributed by atoms with Crippen LogP contribution in [0.1, 0.15) is 40.2 Å². The van der Waals surface area contributed by atoms with Gasteiger partial charge in [0.05, 0.1) is 5.02 Å². The third-order valence-corrected chi connectivity index (χ3v) is 5.11. The van der Waals surface area contributed by atoms with Crippen LogP contribution in [0.4, 0.5) is 0 Å². The van der Waals surface area contributed by atoms with E-state index in [9.17, 15) is 8.42 Å². The van der Waals surface area contributed by atoms with E-state index in [1.54, 1.807) is 20.8 Å². The Balaban J connectivity index is 3.21. The van der Waals surface area contributed by atoms with E-state index >= 15 is 0 Å². The van der Waals surface area contributed by atoms with Crippen LogP contribution in [0.25, 0.3) is 0 Å². The number of nitrogens with one attached hydrogen (secondary N) is 2. The monoisotopic (exact) mass is 352 g/mol. The molecule has 0 radical (unpaired) electrons. The maximum Gasteiger partial charge on any atom is 0.242 e. The highest BCUT2D eigenvalue weighted by Crippen LogP contribution is 2.29. The zero-order valence-electron chi connectivity index (χ0n) is 12.9. The molecule has 0 atom stereocenters. The van der Waals surface area contributed by atoms with E-state index < -0.39 is 15.6 Å². The van der Waals surface area contributed by atoms with Crippen LogP contribution >= 0.6 is 23.2 Å². The predicted molar refractivity (Wildman–Crippen MR) is 88.5 cm³/mol. The van der Waals surface area contributed by atoms with E-state index in [1.165, 1.54) is 12.1 Å². The first-order chi connectivity index (χ1) is 9.42. The zero-order valence-corrected chi connectivity index (χ0v) is 15.2. The Morgan fingerprint density at radius 2 is 1.71 bits per heavy atom. The normalized spacial score (nSPS) is 13.0. The molecule has 0 aliphatic heterocycles. The first kappa shape index (κ1) is 18.7. The van der Waals surface area contributed by atoms with Crippen LogP contribution in [0.2, 0.25) is 10.0 Å². The first-order valence-corrected chi connectivity index (χ1v) is 8.91. The summed E-state index contributed by atoms with van der Waals surface area (Å²) in [5.41, 5.74) is 0.113. The van der Waals surface area contributed by atoms with Crippen molar-refractivity contribution in [2.45, 2.75) is 57.6 Å². The fraction of sp³-hybridized carbons (Fsp3) is 0.571. The smallest absolute Gasteiger partial charge is 0.242 e. The Bertz CT molecular complexity index is 608. The van der Waals surface area contributed by atoms with Crippen LogP contribution in [0.3, 0.4) is 0 Å². The number of sulfonamides is 1. The second-order valence-corrected chi connectivity index (χ2v) is 8.73. The number of benzene rings is 1. The molecular weight excluding hydrogens is 331 g/mol. The number of hydrogen-bond donors (Lipinski definition) is 2. The maximum absolute atomic E-state index is 12.4. The molecule has 0 heterocycles. The molecule has 1 aromatic carbocycles. The van der Waals surface area contributed by atoms with Gasteiger partial charge in [-0.15, -0.1) is 0 Å². The van der Waals surface area contributed by atoms with Gasteiger partial charge in [-0.3, -0.25) is 0 Å². The molecule has 0 aliphatic rings. The van der Waals surface area contributed by atoms with Gasteiger partial charge in [0.25, 0.3) is 0 Å². The first-order valence-electron chi connectivity index (χ1n) is 6.67. The predicted octanol–water partition coefficient (Wildman–Crippen LogP) is 3.57. The topological polar surface area (TPSA) is 58.2 Å². The van der Waals surface area contributed by atoms with Crippen molar-refractivity contribution < 1.29 is 8.42 Å². The van der Waals surface area contributed by atoms with E-state index in [0.717, 1.165) is 0 Å². The average molecular weight is 353 g/mol. The standard InChI is InChI=1S/C14H22Cl2N2O2S/c1-9(2)17-8-10-6-13(12(16)7-11(10)15)21(19,20)18-14(3,4)5/h6-7,9,17-18H,8H2,1-5H3. The Morgan fingerprint density at radius 3 is 2.19 bits per heavy atom. The van der Waals surface area contributed by atoms with Gasteiger partial charge in [-0.2, -0.15) is 0 Å². The van der Waals surface area contributed by atoms with Crippen LogP contribution in [0.15, 0.2) is 17.0 Å². The van der Waals surface area contributed by atoms with Crippen LogP contribution in [0.5, 0.6) is 0 Å². The zero-order chi connectivity index (χ0) is 16.4. The summed E-state index contributed by atoms with van der Waals surface area (Å²) >= 11 is 12.2. The number of rotatable bonds is 5. The molecule has 0 bridgehead atoms. The van der Waals surface area contributed by atoms with Crippen molar-refractivity contribution in [2.75, 3.05) is 0 Å².